The minimum atomic E-state index is 0.416. The molecule has 6 heteroatoms. The number of rotatable bonds is 5. The summed E-state index contributed by atoms with van der Waals surface area (Å²) in [6, 6.07) is 68.3. The number of aryl methyl sites for hydroxylation is 2. The van der Waals surface area contributed by atoms with Gasteiger partial charge in [-0.25, -0.2) is 0 Å². The van der Waals surface area contributed by atoms with E-state index in [1.54, 1.807) is 0 Å². The average Bonchev–Trinajstić information content (AvgIpc) is 4.24. The second kappa shape index (κ2) is 15.7. The molecule has 2 aliphatic rings. The number of nitriles is 2. The van der Waals surface area contributed by atoms with Crippen LogP contribution in [0, 0.1) is 29.6 Å². The van der Waals surface area contributed by atoms with Crippen LogP contribution in [0.1, 0.15) is 51.9 Å². The maximum absolute atomic E-state index is 12.5. The number of benzene rings is 9. The van der Waals surface area contributed by atoms with E-state index < -0.39 is 0 Å². The van der Waals surface area contributed by atoms with Gasteiger partial charge in [-0.1, -0.05) is 157 Å². The largest absolute Gasteiger partial charge is 0.313 e. The molecule has 0 atom stereocenters. The molecule has 0 fully saturated rings. The monoisotopic (exact) mass is 932 g/mol. The van der Waals surface area contributed by atoms with Crippen LogP contribution in [-0.2, 0) is 12.8 Å². The van der Waals surface area contributed by atoms with E-state index in [2.05, 4.69) is 238 Å². The molecule has 13 aromatic rings. The van der Waals surface area contributed by atoms with E-state index in [1.165, 1.54) is 22.4 Å². The van der Waals surface area contributed by atoms with Crippen molar-refractivity contribution in [1.82, 2.24) is 18.3 Å². The van der Waals surface area contributed by atoms with E-state index in [1.807, 2.05) is 0 Å². The Hall–Kier alpha value is -9.62. The topological polar surface area (TPSA) is 67.3 Å². The highest BCUT2D eigenvalue weighted by molar-refractivity contribution is 6.23. The molecule has 0 unspecified atom stereocenters. The number of fused-ring (bicyclic) bond motifs is 15. The fourth-order valence-corrected chi connectivity index (χ4v) is 12.8. The second-order valence-electron chi connectivity index (χ2n) is 19.6. The van der Waals surface area contributed by atoms with Gasteiger partial charge in [-0.05, 0) is 97.8 Å². The molecule has 0 bridgehead atoms. The van der Waals surface area contributed by atoms with E-state index in [4.69, 9.17) is 0 Å². The molecular formula is C67H44N6. The van der Waals surface area contributed by atoms with Crippen LogP contribution in [0.5, 0.6) is 0 Å². The number of nitrogens with zero attached hydrogens (tertiary/aromatic N) is 6. The number of hydrogen-bond donors (Lipinski definition) is 0. The summed E-state index contributed by atoms with van der Waals surface area (Å²) in [6.07, 6.45) is 12.9. The van der Waals surface area contributed by atoms with Crippen molar-refractivity contribution in [2.75, 3.05) is 0 Å². The summed E-state index contributed by atoms with van der Waals surface area (Å²) in [5, 5.41) is 32.7. The molecule has 0 N–H and O–H groups in total. The Labute approximate surface area is 421 Å². The van der Waals surface area contributed by atoms with Crippen molar-refractivity contribution < 1.29 is 0 Å². The van der Waals surface area contributed by atoms with Gasteiger partial charge in [0.05, 0.1) is 55.7 Å². The van der Waals surface area contributed by atoms with Crippen molar-refractivity contribution in [2.45, 2.75) is 32.6 Å². The first-order valence-electron chi connectivity index (χ1n) is 25.3. The van der Waals surface area contributed by atoms with Crippen LogP contribution in [0.25, 0.3) is 122 Å². The Kier molecular flexibility index (Phi) is 8.85. The quantitative estimate of drug-likeness (QED) is 0.173. The Morgan fingerprint density at radius 1 is 0.411 bits per heavy atom. The molecular weight excluding hydrogens is 889 g/mol. The molecule has 15 rings (SSSR count). The van der Waals surface area contributed by atoms with Gasteiger partial charge in [0, 0.05) is 60.2 Å². The van der Waals surface area contributed by atoms with E-state index in [9.17, 15) is 10.5 Å². The molecule has 342 valence electrons. The zero-order valence-electron chi connectivity index (χ0n) is 40.1. The van der Waals surface area contributed by atoms with E-state index in [0.29, 0.717) is 16.8 Å². The van der Waals surface area contributed by atoms with Crippen molar-refractivity contribution in [2.24, 2.45) is 0 Å². The number of para-hydroxylation sites is 5. The van der Waals surface area contributed by atoms with Crippen LogP contribution in [0.3, 0.4) is 0 Å². The third-order valence-electron chi connectivity index (χ3n) is 15.8. The van der Waals surface area contributed by atoms with Crippen molar-refractivity contribution >= 4 is 88.5 Å². The Balaban J connectivity index is 1.25. The van der Waals surface area contributed by atoms with Gasteiger partial charge in [-0.2, -0.15) is 10.5 Å². The van der Waals surface area contributed by atoms with Crippen LogP contribution >= 0.6 is 0 Å². The fraction of sp³-hybridized carbons (Fsp3) is 0.0746. The van der Waals surface area contributed by atoms with Crippen LogP contribution in [0.4, 0.5) is 0 Å². The van der Waals surface area contributed by atoms with Gasteiger partial charge in [0.15, 0.2) is 0 Å². The molecule has 0 aliphatic heterocycles. The number of allylic oxidation sites excluding steroid dienone is 2. The van der Waals surface area contributed by atoms with E-state index in [0.717, 1.165) is 136 Å². The third-order valence-corrected chi connectivity index (χ3v) is 15.8. The van der Waals surface area contributed by atoms with Crippen LogP contribution in [0.15, 0.2) is 188 Å². The van der Waals surface area contributed by atoms with Gasteiger partial charge < -0.3 is 18.3 Å². The minimum absolute atomic E-state index is 0.416. The molecule has 9 aromatic carbocycles. The van der Waals surface area contributed by atoms with Gasteiger partial charge in [0.1, 0.15) is 23.3 Å². The summed E-state index contributed by atoms with van der Waals surface area (Å²) in [5.74, 6) is 0. The summed E-state index contributed by atoms with van der Waals surface area (Å²) in [5.41, 5.74) is 18.6. The van der Waals surface area contributed by atoms with Crippen LogP contribution in [-0.4, -0.2) is 18.3 Å². The summed E-state index contributed by atoms with van der Waals surface area (Å²) < 4.78 is 9.39. The molecule has 4 heterocycles. The highest BCUT2D eigenvalue weighted by atomic mass is 15.1. The molecule has 0 saturated heterocycles. The predicted octanol–water partition coefficient (Wildman–Crippen LogP) is 16.6. The fourth-order valence-electron chi connectivity index (χ4n) is 12.8. The first-order valence-corrected chi connectivity index (χ1v) is 25.3. The number of hydrogen-bond acceptors (Lipinski definition) is 2. The highest BCUT2D eigenvalue weighted by Crippen LogP contribution is 2.51. The lowest BCUT2D eigenvalue weighted by Gasteiger charge is -2.26. The SMILES string of the molecule is Cc1ccc(-c2c(-n3c4ccccc4c4ccccc43)c(C#N)c(-n3c4ccc5c(c4c4ccc6c(c7c(n6-c6ccccc6)CCC=C7)c43)C=CCC5)c(C#N)c2-n2c3ccccc3c3ccccc32)cc1. The number of aromatic nitrogens is 4. The summed E-state index contributed by atoms with van der Waals surface area (Å²) in [4.78, 5) is 0. The zero-order valence-corrected chi connectivity index (χ0v) is 40.1. The molecule has 2 aliphatic carbocycles. The average molecular weight is 933 g/mol. The lowest BCUT2D eigenvalue weighted by Crippen LogP contribution is -2.14. The molecule has 0 spiro atoms. The second-order valence-corrected chi connectivity index (χ2v) is 19.6. The molecule has 0 amide bonds. The molecule has 4 aromatic heterocycles. The lowest BCUT2D eigenvalue weighted by molar-refractivity contribution is 0.888. The molecule has 6 nitrogen and oxygen atoms in total. The van der Waals surface area contributed by atoms with Gasteiger partial charge >= 0.3 is 0 Å². The zero-order chi connectivity index (χ0) is 48.5. The van der Waals surface area contributed by atoms with Gasteiger partial charge in [0.25, 0.3) is 0 Å². The smallest absolute Gasteiger partial charge is 0.104 e. The van der Waals surface area contributed by atoms with Crippen molar-refractivity contribution in [3.63, 3.8) is 0 Å². The standard InChI is InChI=1S/C67H44N6/c1-41-31-33-43(34-32-41)61-66(71-54-26-12-7-21-46(54)47-22-8-13-27-55(47)71)52(39-68)64(53(40-69)67(61)72-56-28-14-9-23-48(56)49-24-10-15-29-57(49)72)73-59-37-35-42-17-5-6-20-45(42)62(59)51-36-38-60-63(65(51)73)50-25-11-16-30-58(50)70(60)44-18-3-2-4-19-44/h2-4,6-15,18-29,31-38H,5,16-17,30H2,1H3. The maximum atomic E-state index is 12.5. The van der Waals surface area contributed by atoms with Crippen LogP contribution < -0.4 is 0 Å². The van der Waals surface area contributed by atoms with Crippen LogP contribution in [0.2, 0.25) is 0 Å². The molecule has 0 radical (unpaired) electrons. The Bertz CT molecular complexity index is 4430. The summed E-state index contributed by atoms with van der Waals surface area (Å²) in [7, 11) is 0. The molecule has 73 heavy (non-hydrogen) atoms. The first-order chi connectivity index (χ1) is 36.1. The van der Waals surface area contributed by atoms with Crippen molar-refractivity contribution in [3.8, 4) is 46.0 Å². The normalized spacial score (nSPS) is 13.2. The highest BCUT2D eigenvalue weighted by Gasteiger charge is 2.35. The van der Waals surface area contributed by atoms with E-state index in [-0.39, 0.29) is 0 Å². The van der Waals surface area contributed by atoms with Crippen molar-refractivity contribution in [1.29, 1.82) is 10.5 Å². The predicted molar refractivity (Wildman–Crippen MR) is 301 cm³/mol. The van der Waals surface area contributed by atoms with Gasteiger partial charge in [-0.15, -0.1) is 0 Å². The van der Waals surface area contributed by atoms with E-state index >= 15 is 0 Å². The van der Waals surface area contributed by atoms with Gasteiger partial charge in [-0.3, -0.25) is 0 Å². The maximum Gasteiger partial charge on any atom is 0.104 e. The molecule has 0 saturated carbocycles. The Morgan fingerprint density at radius 3 is 1.49 bits per heavy atom. The first kappa shape index (κ1) is 41.2. The van der Waals surface area contributed by atoms with Crippen molar-refractivity contribution in [3.05, 3.63) is 227 Å². The summed E-state index contributed by atoms with van der Waals surface area (Å²) >= 11 is 0. The minimum Gasteiger partial charge on any atom is -0.313 e. The van der Waals surface area contributed by atoms with Gasteiger partial charge in [0.2, 0.25) is 0 Å². The summed E-state index contributed by atoms with van der Waals surface area (Å²) in [6.45, 7) is 2.10. The lowest BCUT2D eigenvalue weighted by atomic mass is 9.91. The Morgan fingerprint density at radius 2 is 0.918 bits per heavy atom. The third kappa shape index (κ3) is 5.66.